The van der Waals surface area contributed by atoms with E-state index >= 15 is 0 Å². The van der Waals surface area contributed by atoms with Crippen molar-refractivity contribution in [2.45, 2.75) is 37.6 Å². The fraction of sp³-hybridized carbons (Fsp3) is 0.280. The zero-order valence-electron chi connectivity index (χ0n) is 19.8. The van der Waals surface area contributed by atoms with Gasteiger partial charge in [-0.05, 0) is 54.8 Å². The van der Waals surface area contributed by atoms with Gasteiger partial charge < -0.3 is 10.2 Å². The molecule has 0 radical (unpaired) electrons. The molecule has 5 rings (SSSR count). The summed E-state index contributed by atoms with van der Waals surface area (Å²) in [6.45, 7) is 7.27. The molecular weight excluding hydrogens is 462 g/mol. The van der Waals surface area contributed by atoms with E-state index in [0.717, 1.165) is 27.8 Å². The van der Waals surface area contributed by atoms with Gasteiger partial charge in [-0.1, -0.05) is 31.5 Å². The van der Waals surface area contributed by atoms with Crippen molar-refractivity contribution in [3.8, 4) is 0 Å². The SMILES string of the molecule is Cc1ccc(S(=O)(=O)NC2CN(c3cnc4ccc(Nc5cc(C(C)C)cnn5)nc4c3)C2)cc1. The van der Waals surface area contributed by atoms with Crippen LogP contribution in [0, 0.1) is 6.92 Å². The highest BCUT2D eigenvalue weighted by atomic mass is 32.2. The van der Waals surface area contributed by atoms with E-state index in [2.05, 4.69) is 44.0 Å². The predicted octanol–water partition coefficient (Wildman–Crippen LogP) is 3.76. The Morgan fingerprint density at radius 3 is 2.49 bits per heavy atom. The summed E-state index contributed by atoms with van der Waals surface area (Å²) in [5, 5.41) is 11.4. The molecular formula is C25H27N7O2S. The summed E-state index contributed by atoms with van der Waals surface area (Å²) < 4.78 is 28.1. The van der Waals surface area contributed by atoms with Crippen molar-refractivity contribution in [3.63, 3.8) is 0 Å². The van der Waals surface area contributed by atoms with Crippen molar-refractivity contribution in [2.24, 2.45) is 0 Å². The largest absolute Gasteiger partial charge is 0.367 e. The summed E-state index contributed by atoms with van der Waals surface area (Å²) >= 11 is 0. The van der Waals surface area contributed by atoms with Gasteiger partial charge in [-0.3, -0.25) is 4.98 Å². The third-order valence-corrected chi connectivity index (χ3v) is 7.56. The van der Waals surface area contributed by atoms with Crippen LogP contribution in [-0.4, -0.2) is 47.7 Å². The number of fused-ring (bicyclic) bond motifs is 1. The Balaban J connectivity index is 1.27. The Bertz CT molecular complexity index is 1470. The number of hydrogen-bond donors (Lipinski definition) is 2. The lowest BCUT2D eigenvalue weighted by Gasteiger charge is -2.40. The number of hydrogen-bond acceptors (Lipinski definition) is 8. The molecule has 9 nitrogen and oxygen atoms in total. The van der Waals surface area contributed by atoms with E-state index in [1.807, 2.05) is 31.2 Å². The lowest BCUT2D eigenvalue weighted by molar-refractivity contribution is 0.469. The predicted molar refractivity (Wildman–Crippen MR) is 136 cm³/mol. The van der Waals surface area contributed by atoms with Gasteiger partial charge in [-0.2, -0.15) is 5.10 Å². The minimum Gasteiger partial charge on any atom is -0.367 e. The molecule has 0 unspecified atom stereocenters. The van der Waals surface area contributed by atoms with Crippen LogP contribution in [0.1, 0.15) is 30.9 Å². The van der Waals surface area contributed by atoms with Crippen LogP contribution in [0.25, 0.3) is 11.0 Å². The number of pyridine rings is 2. The maximum atomic E-state index is 12.6. The maximum absolute atomic E-state index is 12.6. The van der Waals surface area contributed by atoms with Crippen molar-refractivity contribution in [1.82, 2.24) is 24.9 Å². The van der Waals surface area contributed by atoms with Gasteiger partial charge in [0.2, 0.25) is 10.0 Å². The number of nitrogens with one attached hydrogen (secondary N) is 2. The molecule has 1 aliphatic heterocycles. The Labute approximate surface area is 204 Å². The molecule has 2 N–H and O–H groups in total. The van der Waals surface area contributed by atoms with Crippen molar-refractivity contribution in [1.29, 1.82) is 0 Å². The molecule has 4 heterocycles. The van der Waals surface area contributed by atoms with Crippen molar-refractivity contribution < 1.29 is 8.42 Å². The lowest BCUT2D eigenvalue weighted by atomic mass is 10.1. The summed E-state index contributed by atoms with van der Waals surface area (Å²) in [5.74, 6) is 1.64. The fourth-order valence-electron chi connectivity index (χ4n) is 3.90. The molecule has 0 bridgehead atoms. The molecule has 35 heavy (non-hydrogen) atoms. The first kappa shape index (κ1) is 23.1. The van der Waals surface area contributed by atoms with Crippen LogP contribution in [0.4, 0.5) is 17.3 Å². The smallest absolute Gasteiger partial charge is 0.240 e. The van der Waals surface area contributed by atoms with Gasteiger partial charge in [-0.15, -0.1) is 5.10 Å². The second-order valence-electron chi connectivity index (χ2n) is 9.12. The van der Waals surface area contributed by atoms with E-state index in [4.69, 9.17) is 4.98 Å². The van der Waals surface area contributed by atoms with Gasteiger partial charge >= 0.3 is 0 Å². The first-order chi connectivity index (χ1) is 16.8. The van der Waals surface area contributed by atoms with Crippen LogP contribution in [0.3, 0.4) is 0 Å². The number of rotatable bonds is 7. The average molecular weight is 490 g/mol. The first-order valence-corrected chi connectivity index (χ1v) is 13.0. The molecule has 1 aliphatic rings. The zero-order valence-corrected chi connectivity index (χ0v) is 20.6. The second kappa shape index (κ2) is 9.20. The van der Waals surface area contributed by atoms with E-state index in [0.29, 0.717) is 30.6 Å². The van der Waals surface area contributed by atoms with Crippen LogP contribution in [0.5, 0.6) is 0 Å². The monoisotopic (exact) mass is 489 g/mol. The molecule has 1 fully saturated rings. The topological polar surface area (TPSA) is 113 Å². The Morgan fingerprint density at radius 2 is 1.74 bits per heavy atom. The molecule has 180 valence electrons. The molecule has 4 aromatic rings. The minimum atomic E-state index is -3.55. The van der Waals surface area contributed by atoms with Crippen LogP contribution in [0.15, 0.2) is 65.8 Å². The summed E-state index contributed by atoms with van der Waals surface area (Å²) in [6.07, 6.45) is 3.56. The van der Waals surface area contributed by atoms with Crippen LogP contribution in [0.2, 0.25) is 0 Å². The zero-order chi connectivity index (χ0) is 24.6. The van der Waals surface area contributed by atoms with E-state index < -0.39 is 10.0 Å². The number of sulfonamides is 1. The van der Waals surface area contributed by atoms with Crippen molar-refractivity contribution >= 4 is 38.4 Å². The van der Waals surface area contributed by atoms with Gasteiger partial charge in [0.15, 0.2) is 5.82 Å². The van der Waals surface area contributed by atoms with Crippen LogP contribution >= 0.6 is 0 Å². The summed E-state index contributed by atoms with van der Waals surface area (Å²) in [7, 11) is -3.55. The Kier molecular flexibility index (Phi) is 6.08. The third kappa shape index (κ3) is 5.08. The molecule has 0 amide bonds. The van der Waals surface area contributed by atoms with E-state index in [9.17, 15) is 8.42 Å². The molecule has 1 aromatic carbocycles. The molecule has 1 saturated heterocycles. The molecule has 0 atom stereocenters. The highest BCUT2D eigenvalue weighted by Crippen LogP contribution is 2.26. The number of anilines is 3. The third-order valence-electron chi connectivity index (χ3n) is 6.02. The Morgan fingerprint density at radius 1 is 0.971 bits per heavy atom. The summed E-state index contributed by atoms with van der Waals surface area (Å²) in [4.78, 5) is 11.6. The maximum Gasteiger partial charge on any atom is 0.240 e. The summed E-state index contributed by atoms with van der Waals surface area (Å²) in [5.41, 5.74) is 4.53. The molecule has 3 aromatic heterocycles. The van der Waals surface area contributed by atoms with E-state index in [-0.39, 0.29) is 10.9 Å². The number of benzene rings is 1. The second-order valence-corrected chi connectivity index (χ2v) is 10.8. The summed E-state index contributed by atoms with van der Waals surface area (Å²) in [6, 6.07) is 14.4. The molecule has 0 spiro atoms. The highest BCUT2D eigenvalue weighted by molar-refractivity contribution is 7.89. The van der Waals surface area contributed by atoms with Crippen molar-refractivity contribution in [3.05, 3.63) is 72.1 Å². The lowest BCUT2D eigenvalue weighted by Crippen LogP contribution is -2.59. The van der Waals surface area contributed by atoms with Crippen LogP contribution < -0.4 is 14.9 Å². The quantitative estimate of drug-likeness (QED) is 0.403. The molecule has 0 saturated carbocycles. The minimum absolute atomic E-state index is 0.162. The Hall–Kier alpha value is -3.63. The van der Waals surface area contributed by atoms with Gasteiger partial charge in [0.1, 0.15) is 5.82 Å². The van der Waals surface area contributed by atoms with Gasteiger partial charge in [0.05, 0.1) is 40.1 Å². The van der Waals surface area contributed by atoms with E-state index in [1.165, 1.54) is 0 Å². The number of nitrogens with zero attached hydrogens (tertiary/aromatic N) is 5. The average Bonchev–Trinajstić information content (AvgIpc) is 2.81. The normalized spacial score (nSPS) is 14.3. The van der Waals surface area contributed by atoms with Crippen molar-refractivity contribution in [2.75, 3.05) is 23.3 Å². The van der Waals surface area contributed by atoms with Crippen LogP contribution in [-0.2, 0) is 10.0 Å². The highest BCUT2D eigenvalue weighted by Gasteiger charge is 2.31. The van der Waals surface area contributed by atoms with Gasteiger partial charge in [-0.25, -0.2) is 18.1 Å². The van der Waals surface area contributed by atoms with E-state index in [1.54, 1.807) is 36.7 Å². The molecule has 10 heteroatoms. The molecule has 0 aliphatic carbocycles. The standard InChI is InChI=1S/C25H27N7O2S/c1-16(2)18-10-25(30-27-12-18)29-24-9-8-22-23(28-24)11-20(13-26-22)32-14-19(15-32)31-35(33,34)21-6-4-17(3)5-7-21/h4-13,16,19,31H,14-15H2,1-3H3,(H,28,29,30). The fourth-order valence-corrected chi connectivity index (χ4v) is 5.12. The van der Waals surface area contributed by atoms with Gasteiger partial charge in [0.25, 0.3) is 0 Å². The first-order valence-electron chi connectivity index (χ1n) is 11.5. The van der Waals surface area contributed by atoms with Gasteiger partial charge in [0, 0.05) is 13.1 Å². The number of aromatic nitrogens is 4. The number of aryl methyl sites for hydroxylation is 1.